The van der Waals surface area contributed by atoms with Crippen molar-refractivity contribution in [2.24, 2.45) is 0 Å². The molecule has 1 saturated heterocycles. The summed E-state index contributed by atoms with van der Waals surface area (Å²) in [4.78, 5) is 30.8. The minimum absolute atomic E-state index is 0.0606. The van der Waals surface area contributed by atoms with E-state index in [-0.39, 0.29) is 5.91 Å². The van der Waals surface area contributed by atoms with Crippen LogP contribution in [0.4, 0.5) is 5.82 Å². The number of aliphatic carboxylic acids is 1. The highest BCUT2D eigenvalue weighted by Gasteiger charge is 2.40. The Bertz CT molecular complexity index is 578. The monoisotopic (exact) mass is 289 g/mol. The number of rotatable bonds is 3. The Morgan fingerprint density at radius 3 is 2.67 bits per heavy atom. The number of nitrogens with zero attached hydrogens (tertiary/aromatic N) is 3. The summed E-state index contributed by atoms with van der Waals surface area (Å²) >= 11 is 0. The molecule has 0 bridgehead atoms. The van der Waals surface area contributed by atoms with E-state index in [0.29, 0.717) is 24.5 Å². The minimum Gasteiger partial charge on any atom is -0.478 e. The fraction of sp³-hybridized carbons (Fsp3) is 0.400. The Labute approximate surface area is 123 Å². The summed E-state index contributed by atoms with van der Waals surface area (Å²) in [6, 6.07) is 3.60. The van der Waals surface area contributed by atoms with Gasteiger partial charge in [-0.05, 0) is 37.6 Å². The van der Waals surface area contributed by atoms with E-state index in [1.165, 1.54) is 6.08 Å². The van der Waals surface area contributed by atoms with Crippen LogP contribution in [-0.2, 0) is 9.59 Å². The standard InChI is InChI=1S/C15H19N3O3/c1-15(2)14(21)17(3)8-9-18(15)12-6-4-11(10-16-12)5-7-13(19)20/h4-7,10H,8-9H2,1-3H3,(H,19,20)/b7-5+. The maximum Gasteiger partial charge on any atom is 0.328 e. The maximum atomic E-state index is 12.3. The molecular formula is C15H19N3O3. The molecule has 0 radical (unpaired) electrons. The number of pyridine rings is 1. The van der Waals surface area contributed by atoms with Gasteiger partial charge in [-0.15, -0.1) is 0 Å². The summed E-state index contributed by atoms with van der Waals surface area (Å²) in [5, 5.41) is 8.60. The van der Waals surface area contributed by atoms with Crippen LogP contribution in [0.15, 0.2) is 24.4 Å². The fourth-order valence-electron chi connectivity index (χ4n) is 2.44. The molecule has 1 aliphatic heterocycles. The van der Waals surface area contributed by atoms with Crippen LogP contribution in [0.1, 0.15) is 19.4 Å². The Hall–Kier alpha value is -2.37. The van der Waals surface area contributed by atoms with Gasteiger partial charge in [0.05, 0.1) is 0 Å². The number of carbonyl (C=O) groups is 2. The average molecular weight is 289 g/mol. The van der Waals surface area contributed by atoms with E-state index in [2.05, 4.69) is 4.98 Å². The van der Waals surface area contributed by atoms with Gasteiger partial charge in [0.1, 0.15) is 11.4 Å². The van der Waals surface area contributed by atoms with Gasteiger partial charge in [-0.25, -0.2) is 9.78 Å². The summed E-state index contributed by atoms with van der Waals surface area (Å²) in [6.45, 7) is 5.13. The molecule has 1 aromatic rings. The number of piperazine rings is 1. The summed E-state index contributed by atoms with van der Waals surface area (Å²) < 4.78 is 0. The van der Waals surface area contributed by atoms with Crippen molar-refractivity contribution in [2.45, 2.75) is 19.4 Å². The molecule has 2 rings (SSSR count). The Kier molecular flexibility index (Phi) is 3.97. The lowest BCUT2D eigenvalue weighted by molar-refractivity contribution is -0.136. The first-order chi connectivity index (χ1) is 9.82. The van der Waals surface area contributed by atoms with Gasteiger partial charge in [0, 0.05) is 32.4 Å². The fourth-order valence-corrected chi connectivity index (χ4v) is 2.44. The number of carbonyl (C=O) groups excluding carboxylic acids is 1. The number of hydrogen-bond acceptors (Lipinski definition) is 4. The first-order valence-corrected chi connectivity index (χ1v) is 6.72. The molecule has 6 nitrogen and oxygen atoms in total. The third kappa shape index (κ3) is 3.04. The van der Waals surface area contributed by atoms with Crippen molar-refractivity contribution < 1.29 is 14.7 Å². The van der Waals surface area contributed by atoms with Crippen LogP contribution in [0.25, 0.3) is 6.08 Å². The first-order valence-electron chi connectivity index (χ1n) is 6.72. The van der Waals surface area contributed by atoms with Crippen LogP contribution < -0.4 is 4.90 Å². The lowest BCUT2D eigenvalue weighted by Crippen LogP contribution is -2.62. The molecule has 2 heterocycles. The number of hydrogen-bond donors (Lipinski definition) is 1. The van der Waals surface area contributed by atoms with E-state index in [1.54, 1.807) is 24.2 Å². The van der Waals surface area contributed by atoms with Crippen molar-refractivity contribution >= 4 is 23.8 Å². The van der Waals surface area contributed by atoms with Gasteiger partial charge in [0.25, 0.3) is 0 Å². The van der Waals surface area contributed by atoms with Crippen LogP contribution >= 0.6 is 0 Å². The van der Waals surface area contributed by atoms with Crippen molar-refractivity contribution in [3.05, 3.63) is 30.0 Å². The van der Waals surface area contributed by atoms with Crippen molar-refractivity contribution in [1.29, 1.82) is 0 Å². The van der Waals surface area contributed by atoms with E-state index >= 15 is 0 Å². The summed E-state index contributed by atoms with van der Waals surface area (Å²) in [7, 11) is 1.80. The number of likely N-dealkylation sites (N-methyl/N-ethyl adjacent to an activating group) is 1. The smallest absolute Gasteiger partial charge is 0.328 e. The van der Waals surface area contributed by atoms with Crippen molar-refractivity contribution in [1.82, 2.24) is 9.88 Å². The molecule has 1 aromatic heterocycles. The number of carboxylic acid groups (broad SMARTS) is 1. The molecule has 112 valence electrons. The van der Waals surface area contributed by atoms with Crippen LogP contribution in [-0.4, -0.2) is 52.5 Å². The number of anilines is 1. The lowest BCUT2D eigenvalue weighted by Gasteiger charge is -2.45. The zero-order valence-electron chi connectivity index (χ0n) is 12.4. The third-order valence-electron chi connectivity index (χ3n) is 3.67. The first kappa shape index (κ1) is 15.0. The largest absolute Gasteiger partial charge is 0.478 e. The van der Waals surface area contributed by atoms with E-state index in [9.17, 15) is 9.59 Å². The number of carboxylic acids is 1. The molecule has 1 aliphatic rings. The molecule has 21 heavy (non-hydrogen) atoms. The molecule has 0 aromatic carbocycles. The topological polar surface area (TPSA) is 73.7 Å². The highest BCUT2D eigenvalue weighted by atomic mass is 16.4. The van der Waals surface area contributed by atoms with Gasteiger partial charge >= 0.3 is 5.97 Å². The van der Waals surface area contributed by atoms with Gasteiger partial charge in [-0.2, -0.15) is 0 Å². The van der Waals surface area contributed by atoms with Gasteiger partial charge in [-0.1, -0.05) is 0 Å². The van der Waals surface area contributed by atoms with E-state index in [1.807, 2.05) is 24.8 Å². The average Bonchev–Trinajstić information content (AvgIpc) is 2.43. The molecule has 1 fully saturated rings. The Morgan fingerprint density at radius 1 is 1.38 bits per heavy atom. The van der Waals surface area contributed by atoms with E-state index < -0.39 is 11.5 Å². The second kappa shape index (κ2) is 5.55. The molecule has 1 N–H and O–H groups in total. The van der Waals surface area contributed by atoms with Gasteiger partial charge in [0.15, 0.2) is 0 Å². The van der Waals surface area contributed by atoms with Crippen LogP contribution in [0.3, 0.4) is 0 Å². The SMILES string of the molecule is CN1CCN(c2ccc(/C=C/C(=O)O)cn2)C(C)(C)C1=O. The normalized spacial score (nSPS) is 18.3. The van der Waals surface area contributed by atoms with Gasteiger partial charge in [-0.3, -0.25) is 4.79 Å². The van der Waals surface area contributed by atoms with Gasteiger partial charge < -0.3 is 14.9 Å². The third-order valence-corrected chi connectivity index (χ3v) is 3.67. The number of aromatic nitrogens is 1. The highest BCUT2D eigenvalue weighted by molar-refractivity contribution is 5.90. The Balaban J connectivity index is 2.22. The molecule has 0 aliphatic carbocycles. The van der Waals surface area contributed by atoms with Crippen molar-refractivity contribution in [2.75, 3.05) is 25.0 Å². The second-order valence-electron chi connectivity index (χ2n) is 5.56. The predicted molar refractivity (Wildman–Crippen MR) is 80.0 cm³/mol. The van der Waals surface area contributed by atoms with Gasteiger partial charge in [0.2, 0.25) is 5.91 Å². The van der Waals surface area contributed by atoms with Crippen molar-refractivity contribution in [3.63, 3.8) is 0 Å². The highest BCUT2D eigenvalue weighted by Crippen LogP contribution is 2.27. The maximum absolute atomic E-state index is 12.3. The predicted octanol–water partition coefficient (Wildman–Crippen LogP) is 1.24. The molecule has 0 atom stereocenters. The van der Waals surface area contributed by atoms with Crippen LogP contribution in [0, 0.1) is 0 Å². The molecule has 0 spiro atoms. The quantitative estimate of drug-likeness (QED) is 0.847. The summed E-state index contributed by atoms with van der Waals surface area (Å²) in [5.41, 5.74) is 0.0673. The van der Waals surface area contributed by atoms with E-state index in [4.69, 9.17) is 5.11 Å². The Morgan fingerprint density at radius 2 is 2.10 bits per heavy atom. The van der Waals surface area contributed by atoms with Crippen LogP contribution in [0.2, 0.25) is 0 Å². The van der Waals surface area contributed by atoms with E-state index in [0.717, 1.165) is 6.08 Å². The zero-order valence-corrected chi connectivity index (χ0v) is 12.4. The molecular weight excluding hydrogens is 270 g/mol. The molecule has 6 heteroatoms. The molecule has 1 amide bonds. The number of amides is 1. The lowest BCUT2D eigenvalue weighted by atomic mass is 9.98. The molecule has 0 saturated carbocycles. The second-order valence-corrected chi connectivity index (χ2v) is 5.56. The summed E-state index contributed by atoms with van der Waals surface area (Å²) in [6.07, 6.45) is 4.16. The zero-order chi connectivity index (χ0) is 15.6. The minimum atomic E-state index is -0.995. The van der Waals surface area contributed by atoms with Crippen LogP contribution in [0.5, 0.6) is 0 Å². The van der Waals surface area contributed by atoms with Crippen molar-refractivity contribution in [3.8, 4) is 0 Å². The summed E-state index contributed by atoms with van der Waals surface area (Å²) in [5.74, 6) is -0.218. The molecule has 0 unspecified atom stereocenters.